The molecule has 0 saturated heterocycles. The summed E-state index contributed by atoms with van der Waals surface area (Å²) in [5.41, 5.74) is 1.24. The normalized spacial score (nSPS) is 22.8. The second-order valence-corrected chi connectivity index (χ2v) is 6.30. The molecule has 1 fully saturated rings. The minimum absolute atomic E-state index is 0.170. The van der Waals surface area contributed by atoms with E-state index >= 15 is 0 Å². The van der Waals surface area contributed by atoms with Crippen LogP contribution in [0.1, 0.15) is 45.2 Å². The van der Waals surface area contributed by atoms with Crippen molar-refractivity contribution in [1.29, 1.82) is 0 Å². The molecule has 0 aromatic heterocycles. The molecule has 2 atom stereocenters. The van der Waals surface area contributed by atoms with Crippen molar-refractivity contribution in [3.63, 3.8) is 0 Å². The number of rotatable bonds is 5. The molecular weight excluding hydrogens is 249 g/mol. The Bertz CT molecular complexity index is 431. The van der Waals surface area contributed by atoms with Crippen LogP contribution in [0.25, 0.3) is 0 Å². The number of halogens is 2. The lowest BCUT2D eigenvalue weighted by Gasteiger charge is -2.22. The van der Waals surface area contributed by atoms with Gasteiger partial charge in [-0.1, -0.05) is 32.4 Å². The first-order valence-corrected chi connectivity index (χ1v) is 7.02. The SMILES string of the molecule is CCCNC(c1cc(F)ccc1Cl)C1CC1(C)C. The molecule has 1 aromatic rings. The number of hydrogen-bond acceptors (Lipinski definition) is 1. The molecule has 1 N–H and O–H groups in total. The van der Waals surface area contributed by atoms with Crippen molar-refractivity contribution >= 4 is 11.6 Å². The second kappa shape index (κ2) is 5.18. The van der Waals surface area contributed by atoms with Gasteiger partial charge in [0.15, 0.2) is 0 Å². The minimum atomic E-state index is -0.212. The fourth-order valence-electron chi connectivity index (χ4n) is 2.60. The van der Waals surface area contributed by atoms with E-state index in [4.69, 9.17) is 11.6 Å². The van der Waals surface area contributed by atoms with Crippen LogP contribution >= 0.6 is 11.6 Å². The van der Waals surface area contributed by atoms with Gasteiger partial charge in [-0.15, -0.1) is 0 Å². The van der Waals surface area contributed by atoms with Crippen LogP contribution < -0.4 is 5.32 Å². The van der Waals surface area contributed by atoms with Gasteiger partial charge in [0.1, 0.15) is 5.82 Å². The molecule has 1 aliphatic carbocycles. The number of nitrogens with one attached hydrogen (secondary N) is 1. The molecule has 0 bridgehead atoms. The predicted molar refractivity (Wildman–Crippen MR) is 74.3 cm³/mol. The molecule has 1 aromatic carbocycles. The fraction of sp³-hybridized carbons (Fsp3) is 0.600. The minimum Gasteiger partial charge on any atom is -0.310 e. The van der Waals surface area contributed by atoms with Crippen LogP contribution in [0.15, 0.2) is 18.2 Å². The van der Waals surface area contributed by atoms with Crippen molar-refractivity contribution < 1.29 is 4.39 Å². The highest BCUT2D eigenvalue weighted by Crippen LogP contribution is 2.58. The molecule has 1 aliphatic rings. The summed E-state index contributed by atoms with van der Waals surface area (Å²) >= 11 is 6.23. The summed E-state index contributed by atoms with van der Waals surface area (Å²) in [5.74, 6) is 0.333. The molecule has 3 heteroatoms. The lowest BCUT2D eigenvalue weighted by Crippen LogP contribution is -2.25. The van der Waals surface area contributed by atoms with E-state index in [0.717, 1.165) is 18.5 Å². The summed E-state index contributed by atoms with van der Waals surface area (Å²) in [7, 11) is 0. The van der Waals surface area contributed by atoms with E-state index < -0.39 is 0 Å². The maximum absolute atomic E-state index is 13.4. The maximum Gasteiger partial charge on any atom is 0.123 e. The van der Waals surface area contributed by atoms with Crippen LogP contribution in [-0.4, -0.2) is 6.54 Å². The summed E-state index contributed by atoms with van der Waals surface area (Å²) in [6.45, 7) is 7.58. The van der Waals surface area contributed by atoms with Gasteiger partial charge in [0.25, 0.3) is 0 Å². The molecular formula is C15H21ClFN. The van der Waals surface area contributed by atoms with Gasteiger partial charge in [-0.25, -0.2) is 4.39 Å². The highest BCUT2D eigenvalue weighted by atomic mass is 35.5. The van der Waals surface area contributed by atoms with Gasteiger partial charge in [-0.3, -0.25) is 0 Å². The summed E-state index contributed by atoms with van der Waals surface area (Å²) in [6.07, 6.45) is 2.23. The van der Waals surface area contributed by atoms with Crippen molar-refractivity contribution in [2.45, 2.75) is 39.7 Å². The largest absolute Gasteiger partial charge is 0.310 e. The molecule has 100 valence electrons. The summed E-state index contributed by atoms with van der Waals surface area (Å²) in [4.78, 5) is 0. The van der Waals surface area contributed by atoms with E-state index in [0.29, 0.717) is 16.4 Å². The molecule has 0 aliphatic heterocycles. The van der Waals surface area contributed by atoms with Gasteiger partial charge in [-0.2, -0.15) is 0 Å². The van der Waals surface area contributed by atoms with E-state index in [1.165, 1.54) is 12.5 Å². The van der Waals surface area contributed by atoms with E-state index in [2.05, 4.69) is 26.1 Å². The van der Waals surface area contributed by atoms with Crippen molar-refractivity contribution in [3.05, 3.63) is 34.6 Å². The number of hydrogen-bond donors (Lipinski definition) is 1. The first-order valence-electron chi connectivity index (χ1n) is 6.64. The van der Waals surface area contributed by atoms with Gasteiger partial charge in [0.2, 0.25) is 0 Å². The van der Waals surface area contributed by atoms with E-state index in [1.807, 2.05) is 0 Å². The van der Waals surface area contributed by atoms with E-state index in [9.17, 15) is 4.39 Å². The van der Waals surface area contributed by atoms with Gasteiger partial charge in [0.05, 0.1) is 0 Å². The Balaban J connectivity index is 2.25. The van der Waals surface area contributed by atoms with Gasteiger partial charge < -0.3 is 5.32 Å². The summed E-state index contributed by atoms with van der Waals surface area (Å²) < 4.78 is 13.4. The zero-order valence-corrected chi connectivity index (χ0v) is 12.0. The molecule has 0 spiro atoms. The van der Waals surface area contributed by atoms with E-state index in [1.54, 1.807) is 12.1 Å². The Kier molecular flexibility index (Phi) is 3.98. The van der Waals surface area contributed by atoms with Gasteiger partial charge >= 0.3 is 0 Å². The maximum atomic E-state index is 13.4. The third-order valence-electron chi connectivity index (χ3n) is 3.90. The standard InChI is InChI=1S/C15H21ClFN/c1-4-7-18-14(12-9-15(12,2)3)11-8-10(17)5-6-13(11)16/h5-6,8,12,14,18H,4,7,9H2,1-3H3. The van der Waals surface area contributed by atoms with Crippen LogP contribution in [0.4, 0.5) is 4.39 Å². The zero-order chi connectivity index (χ0) is 13.3. The Morgan fingerprint density at radius 2 is 2.17 bits per heavy atom. The number of benzene rings is 1. The Hall–Kier alpha value is -0.600. The lowest BCUT2D eigenvalue weighted by atomic mass is 9.96. The third kappa shape index (κ3) is 2.86. The molecule has 18 heavy (non-hydrogen) atoms. The monoisotopic (exact) mass is 269 g/mol. The highest BCUT2D eigenvalue weighted by Gasteiger charge is 2.50. The van der Waals surface area contributed by atoms with Crippen molar-refractivity contribution in [2.24, 2.45) is 11.3 Å². The second-order valence-electron chi connectivity index (χ2n) is 5.90. The molecule has 0 heterocycles. The molecule has 0 radical (unpaired) electrons. The molecule has 1 saturated carbocycles. The predicted octanol–water partition coefficient (Wildman–Crippen LogP) is 4.57. The third-order valence-corrected chi connectivity index (χ3v) is 4.24. The topological polar surface area (TPSA) is 12.0 Å². The highest BCUT2D eigenvalue weighted by molar-refractivity contribution is 6.31. The zero-order valence-electron chi connectivity index (χ0n) is 11.3. The van der Waals surface area contributed by atoms with Crippen LogP contribution in [0.3, 0.4) is 0 Å². The molecule has 1 nitrogen and oxygen atoms in total. The smallest absolute Gasteiger partial charge is 0.123 e. The van der Waals surface area contributed by atoms with Crippen LogP contribution in [-0.2, 0) is 0 Å². The van der Waals surface area contributed by atoms with Crippen molar-refractivity contribution in [1.82, 2.24) is 5.32 Å². The Morgan fingerprint density at radius 1 is 1.50 bits per heavy atom. The molecule has 2 unspecified atom stereocenters. The summed E-state index contributed by atoms with van der Waals surface area (Å²) in [6, 6.07) is 4.82. The Morgan fingerprint density at radius 3 is 2.72 bits per heavy atom. The molecule has 2 rings (SSSR count). The first-order chi connectivity index (χ1) is 8.45. The van der Waals surface area contributed by atoms with Gasteiger partial charge in [-0.05, 0) is 54.5 Å². The van der Waals surface area contributed by atoms with Crippen LogP contribution in [0.2, 0.25) is 5.02 Å². The Labute approximate surface area is 114 Å². The van der Waals surface area contributed by atoms with Crippen LogP contribution in [0.5, 0.6) is 0 Å². The van der Waals surface area contributed by atoms with Crippen molar-refractivity contribution in [2.75, 3.05) is 6.54 Å². The van der Waals surface area contributed by atoms with Gasteiger partial charge in [0, 0.05) is 11.1 Å². The summed E-state index contributed by atoms with van der Waals surface area (Å²) in [5, 5.41) is 4.18. The average Bonchev–Trinajstić information content (AvgIpc) is 2.93. The molecule has 0 amide bonds. The lowest BCUT2D eigenvalue weighted by molar-refractivity contribution is 0.414. The fourth-order valence-corrected chi connectivity index (χ4v) is 2.83. The first kappa shape index (κ1) is 13.8. The van der Waals surface area contributed by atoms with E-state index in [-0.39, 0.29) is 11.9 Å². The average molecular weight is 270 g/mol. The van der Waals surface area contributed by atoms with Crippen LogP contribution in [0, 0.1) is 17.2 Å². The quantitative estimate of drug-likeness (QED) is 0.826. The van der Waals surface area contributed by atoms with Crippen molar-refractivity contribution in [3.8, 4) is 0 Å².